The summed E-state index contributed by atoms with van der Waals surface area (Å²) < 4.78 is 5.03. The molecule has 0 bridgehead atoms. The molecule has 0 aromatic heterocycles. The van der Waals surface area contributed by atoms with Crippen molar-refractivity contribution < 1.29 is 9.84 Å². The second-order valence-electron chi connectivity index (χ2n) is 3.17. The van der Waals surface area contributed by atoms with Crippen LogP contribution in [0.1, 0.15) is 17.2 Å². The molecule has 2 heteroatoms. The van der Waals surface area contributed by atoms with Crippen LogP contribution in [0.15, 0.2) is 24.3 Å². The van der Waals surface area contributed by atoms with E-state index in [1.54, 1.807) is 0 Å². The molecule has 0 saturated carbocycles. The van der Waals surface area contributed by atoms with Crippen molar-refractivity contribution in [3.63, 3.8) is 0 Å². The Kier molecular flexibility index (Phi) is 1.87. The first-order valence-electron chi connectivity index (χ1n) is 4.14. The van der Waals surface area contributed by atoms with E-state index in [9.17, 15) is 5.11 Å². The van der Waals surface area contributed by atoms with Gasteiger partial charge in [0.15, 0.2) is 0 Å². The summed E-state index contributed by atoms with van der Waals surface area (Å²) in [5.74, 6) is 0. The number of aryl methyl sites for hydroxylation is 1. The first kappa shape index (κ1) is 7.77. The quantitative estimate of drug-likeness (QED) is 0.671. The zero-order valence-corrected chi connectivity index (χ0v) is 7.03. The van der Waals surface area contributed by atoms with Gasteiger partial charge in [-0.1, -0.05) is 24.3 Å². The smallest absolute Gasteiger partial charge is 0.111 e. The van der Waals surface area contributed by atoms with Gasteiger partial charge in [0.1, 0.15) is 12.2 Å². The molecule has 0 aliphatic carbocycles. The molecule has 1 N–H and O–H groups in total. The fraction of sp³-hybridized carbons (Fsp3) is 0.400. The highest BCUT2D eigenvalue weighted by Crippen LogP contribution is 2.28. The van der Waals surface area contributed by atoms with Crippen LogP contribution in [0.25, 0.3) is 0 Å². The maximum Gasteiger partial charge on any atom is 0.111 e. The molecule has 64 valence electrons. The third kappa shape index (κ3) is 1.36. The molecule has 1 fully saturated rings. The van der Waals surface area contributed by atoms with Crippen LogP contribution in [-0.2, 0) is 4.74 Å². The Labute approximate surface area is 71.8 Å². The predicted octanol–water partition coefficient (Wildman–Crippen LogP) is 1.43. The first-order chi connectivity index (χ1) is 5.79. The summed E-state index contributed by atoms with van der Waals surface area (Å²) in [4.78, 5) is 0. The number of ether oxygens (including phenoxy) is 1. The van der Waals surface area contributed by atoms with Gasteiger partial charge in [-0.3, -0.25) is 0 Å². The zero-order valence-electron chi connectivity index (χ0n) is 7.03. The SMILES string of the molecule is Cc1ccccc1C(O)C1CO1. The van der Waals surface area contributed by atoms with Crippen LogP contribution in [-0.4, -0.2) is 17.8 Å². The van der Waals surface area contributed by atoms with Crippen LogP contribution < -0.4 is 0 Å². The largest absolute Gasteiger partial charge is 0.386 e. The molecule has 0 radical (unpaired) electrons. The molecule has 2 nitrogen and oxygen atoms in total. The minimum absolute atomic E-state index is 0.0334. The van der Waals surface area contributed by atoms with Crippen LogP contribution in [0.5, 0.6) is 0 Å². The summed E-state index contributed by atoms with van der Waals surface area (Å²) in [7, 11) is 0. The lowest BCUT2D eigenvalue weighted by atomic mass is 10.0. The Hall–Kier alpha value is -0.860. The van der Waals surface area contributed by atoms with Gasteiger partial charge < -0.3 is 9.84 Å². The van der Waals surface area contributed by atoms with Crippen molar-refractivity contribution in [3.05, 3.63) is 35.4 Å². The summed E-state index contributed by atoms with van der Waals surface area (Å²) in [6.07, 6.45) is -0.405. The molecule has 0 amide bonds. The average molecular weight is 164 g/mol. The van der Waals surface area contributed by atoms with E-state index in [1.165, 1.54) is 0 Å². The predicted molar refractivity (Wildman–Crippen MR) is 45.9 cm³/mol. The molecule has 1 aromatic carbocycles. The molecule has 2 rings (SSSR count). The van der Waals surface area contributed by atoms with E-state index in [4.69, 9.17) is 4.74 Å². The van der Waals surface area contributed by atoms with Gasteiger partial charge in [-0.15, -0.1) is 0 Å². The molecule has 1 heterocycles. The fourth-order valence-corrected chi connectivity index (χ4v) is 1.36. The first-order valence-corrected chi connectivity index (χ1v) is 4.14. The average Bonchev–Trinajstić information content (AvgIpc) is 2.86. The van der Waals surface area contributed by atoms with E-state index in [0.717, 1.165) is 11.1 Å². The van der Waals surface area contributed by atoms with Gasteiger partial charge in [0.25, 0.3) is 0 Å². The monoisotopic (exact) mass is 164 g/mol. The fourth-order valence-electron chi connectivity index (χ4n) is 1.36. The van der Waals surface area contributed by atoms with Crippen LogP contribution in [0.4, 0.5) is 0 Å². The molecule has 1 aliphatic heterocycles. The number of benzene rings is 1. The maximum absolute atomic E-state index is 9.72. The van der Waals surface area contributed by atoms with E-state index in [-0.39, 0.29) is 6.10 Å². The van der Waals surface area contributed by atoms with Crippen molar-refractivity contribution >= 4 is 0 Å². The van der Waals surface area contributed by atoms with Gasteiger partial charge in [0.2, 0.25) is 0 Å². The Morgan fingerprint density at radius 3 is 2.75 bits per heavy atom. The third-order valence-electron chi connectivity index (χ3n) is 2.22. The van der Waals surface area contributed by atoms with Crippen LogP contribution in [0.2, 0.25) is 0 Å². The number of rotatable bonds is 2. The van der Waals surface area contributed by atoms with Gasteiger partial charge >= 0.3 is 0 Å². The Balaban J connectivity index is 2.25. The standard InChI is InChI=1S/C10H12O2/c1-7-4-2-3-5-8(7)10(11)9-6-12-9/h2-5,9-11H,6H2,1H3. The molecule has 0 spiro atoms. The molecule has 2 atom stereocenters. The Morgan fingerprint density at radius 2 is 2.17 bits per heavy atom. The van der Waals surface area contributed by atoms with Crippen molar-refractivity contribution in [1.29, 1.82) is 0 Å². The summed E-state index contributed by atoms with van der Waals surface area (Å²) in [6, 6.07) is 7.86. The maximum atomic E-state index is 9.72. The lowest BCUT2D eigenvalue weighted by molar-refractivity contribution is 0.136. The molecule has 12 heavy (non-hydrogen) atoms. The van der Waals surface area contributed by atoms with Crippen molar-refractivity contribution in [2.45, 2.75) is 19.1 Å². The van der Waals surface area contributed by atoms with E-state index in [1.807, 2.05) is 31.2 Å². The third-order valence-corrected chi connectivity index (χ3v) is 2.22. The lowest BCUT2D eigenvalue weighted by Crippen LogP contribution is -2.06. The Morgan fingerprint density at radius 1 is 1.50 bits per heavy atom. The van der Waals surface area contributed by atoms with Gasteiger partial charge in [-0.25, -0.2) is 0 Å². The molecular weight excluding hydrogens is 152 g/mol. The molecule has 1 aromatic rings. The van der Waals surface area contributed by atoms with Gasteiger partial charge in [0, 0.05) is 0 Å². The van der Waals surface area contributed by atoms with Crippen molar-refractivity contribution in [1.82, 2.24) is 0 Å². The molecule has 1 aliphatic rings. The highest BCUT2D eigenvalue weighted by Gasteiger charge is 2.32. The Bertz CT molecular complexity index is 279. The van der Waals surface area contributed by atoms with Crippen molar-refractivity contribution in [2.24, 2.45) is 0 Å². The van der Waals surface area contributed by atoms with Crippen LogP contribution >= 0.6 is 0 Å². The summed E-state index contributed by atoms with van der Waals surface area (Å²) in [5.41, 5.74) is 2.11. The van der Waals surface area contributed by atoms with Crippen LogP contribution in [0.3, 0.4) is 0 Å². The normalized spacial score (nSPS) is 23.7. The topological polar surface area (TPSA) is 32.8 Å². The molecule has 1 saturated heterocycles. The van der Waals surface area contributed by atoms with Gasteiger partial charge in [0.05, 0.1) is 6.61 Å². The molecular formula is C10H12O2. The minimum atomic E-state index is -0.439. The second-order valence-corrected chi connectivity index (χ2v) is 3.17. The second kappa shape index (κ2) is 2.88. The van der Waals surface area contributed by atoms with E-state index in [2.05, 4.69) is 0 Å². The number of aliphatic hydroxyl groups is 1. The summed E-state index contributed by atoms with van der Waals surface area (Å²) in [5, 5.41) is 9.72. The molecule has 2 unspecified atom stereocenters. The van der Waals surface area contributed by atoms with E-state index in [0.29, 0.717) is 6.61 Å². The summed E-state index contributed by atoms with van der Waals surface area (Å²) in [6.45, 7) is 2.69. The lowest BCUT2D eigenvalue weighted by Gasteiger charge is -2.09. The highest BCUT2D eigenvalue weighted by molar-refractivity contribution is 5.28. The van der Waals surface area contributed by atoms with Gasteiger partial charge in [-0.05, 0) is 18.1 Å². The van der Waals surface area contributed by atoms with E-state index >= 15 is 0 Å². The number of epoxide rings is 1. The van der Waals surface area contributed by atoms with Crippen LogP contribution in [0, 0.1) is 6.92 Å². The number of aliphatic hydroxyl groups excluding tert-OH is 1. The zero-order chi connectivity index (χ0) is 8.55. The highest BCUT2D eigenvalue weighted by atomic mass is 16.6. The van der Waals surface area contributed by atoms with Crippen molar-refractivity contribution in [3.8, 4) is 0 Å². The van der Waals surface area contributed by atoms with Crippen molar-refractivity contribution in [2.75, 3.05) is 6.61 Å². The van der Waals surface area contributed by atoms with Gasteiger partial charge in [-0.2, -0.15) is 0 Å². The minimum Gasteiger partial charge on any atom is -0.386 e. The van der Waals surface area contributed by atoms with E-state index < -0.39 is 6.10 Å². The summed E-state index contributed by atoms with van der Waals surface area (Å²) >= 11 is 0. The number of hydrogen-bond acceptors (Lipinski definition) is 2. The number of hydrogen-bond donors (Lipinski definition) is 1.